The average molecular weight is 354 g/mol. The number of benzene rings is 2. The topological polar surface area (TPSA) is 59.9 Å². The van der Waals surface area contributed by atoms with E-state index in [2.05, 4.69) is 9.97 Å². The number of fused-ring (bicyclic) bond motifs is 3. The van der Waals surface area contributed by atoms with Gasteiger partial charge in [-0.2, -0.15) is 0 Å². The second kappa shape index (κ2) is 6.26. The average Bonchev–Trinajstić information content (AvgIpc) is 3.00. The van der Waals surface area contributed by atoms with Gasteiger partial charge >= 0.3 is 0 Å². The van der Waals surface area contributed by atoms with E-state index in [4.69, 9.17) is 16.3 Å². The summed E-state index contributed by atoms with van der Waals surface area (Å²) in [7, 11) is 1.64. The highest BCUT2D eigenvalue weighted by Crippen LogP contribution is 2.24. The van der Waals surface area contributed by atoms with Gasteiger partial charge in [0.1, 0.15) is 16.8 Å². The van der Waals surface area contributed by atoms with E-state index in [1.807, 2.05) is 36.4 Å². The number of H-pyrrole nitrogens is 1. The van der Waals surface area contributed by atoms with Gasteiger partial charge in [0.05, 0.1) is 13.4 Å². The molecule has 0 saturated heterocycles. The number of hydrogen-bond acceptors (Lipinski definition) is 3. The van der Waals surface area contributed by atoms with Crippen molar-refractivity contribution in [2.75, 3.05) is 7.11 Å². The molecule has 2 heterocycles. The van der Waals surface area contributed by atoms with Gasteiger partial charge in [0.2, 0.25) is 0 Å². The lowest BCUT2D eigenvalue weighted by atomic mass is 10.1. The van der Waals surface area contributed by atoms with E-state index in [1.165, 1.54) is 0 Å². The van der Waals surface area contributed by atoms with E-state index >= 15 is 0 Å². The number of nitrogens with one attached hydrogen (secondary N) is 1. The van der Waals surface area contributed by atoms with E-state index < -0.39 is 0 Å². The molecule has 4 aromatic rings. The van der Waals surface area contributed by atoms with Gasteiger partial charge in [-0.15, -0.1) is 0 Å². The summed E-state index contributed by atoms with van der Waals surface area (Å²) in [5.41, 5.74) is 3.08. The molecule has 0 radical (unpaired) electrons. The standard InChI is InChI=1S/C19H16ClN3O2/c1-25-14-5-2-12(3-6-14)8-9-23-11-21-17-15-10-13(20)4-7-16(15)22-18(17)19(23)24/h2-7,10-11,22H,8-9H2,1H3. The third kappa shape index (κ3) is 2.87. The second-order valence-electron chi connectivity index (χ2n) is 5.88. The number of aryl methyl sites for hydroxylation is 2. The molecule has 0 aliphatic rings. The number of aromatic nitrogens is 3. The van der Waals surface area contributed by atoms with Crippen molar-refractivity contribution in [2.24, 2.45) is 0 Å². The van der Waals surface area contributed by atoms with Crippen LogP contribution >= 0.6 is 11.6 Å². The zero-order valence-corrected chi connectivity index (χ0v) is 14.4. The van der Waals surface area contributed by atoms with Crippen molar-refractivity contribution >= 4 is 33.5 Å². The molecule has 0 spiro atoms. The molecule has 25 heavy (non-hydrogen) atoms. The molecule has 126 valence electrons. The van der Waals surface area contributed by atoms with Crippen LogP contribution in [-0.4, -0.2) is 21.6 Å². The normalized spacial score (nSPS) is 11.3. The number of halogens is 1. The quantitative estimate of drug-likeness (QED) is 0.607. The van der Waals surface area contributed by atoms with Crippen molar-refractivity contribution in [1.82, 2.24) is 14.5 Å². The van der Waals surface area contributed by atoms with Crippen LogP contribution in [0.3, 0.4) is 0 Å². The first kappa shape index (κ1) is 15.7. The van der Waals surface area contributed by atoms with Gasteiger partial charge < -0.3 is 9.72 Å². The molecule has 0 amide bonds. The summed E-state index contributed by atoms with van der Waals surface area (Å²) < 4.78 is 6.79. The third-order valence-corrected chi connectivity index (χ3v) is 4.57. The molecule has 5 nitrogen and oxygen atoms in total. The maximum atomic E-state index is 12.7. The van der Waals surface area contributed by atoms with Gasteiger partial charge in [-0.1, -0.05) is 23.7 Å². The minimum absolute atomic E-state index is 0.0779. The maximum absolute atomic E-state index is 12.7. The Labute approximate surface area is 148 Å². The van der Waals surface area contributed by atoms with Gasteiger partial charge in [-0.05, 0) is 42.3 Å². The van der Waals surface area contributed by atoms with Crippen LogP contribution in [-0.2, 0) is 13.0 Å². The van der Waals surface area contributed by atoms with Crippen LogP contribution in [0.4, 0.5) is 0 Å². The molecule has 0 aliphatic heterocycles. The van der Waals surface area contributed by atoms with Gasteiger partial charge in [0.15, 0.2) is 0 Å². The predicted octanol–water partition coefficient (Wildman–Crippen LogP) is 3.78. The Morgan fingerprint density at radius 1 is 1.20 bits per heavy atom. The molecule has 2 aromatic heterocycles. The van der Waals surface area contributed by atoms with E-state index in [0.717, 1.165) is 28.6 Å². The summed E-state index contributed by atoms with van der Waals surface area (Å²) in [4.78, 5) is 20.4. The van der Waals surface area contributed by atoms with Crippen molar-refractivity contribution in [1.29, 1.82) is 0 Å². The first-order chi connectivity index (χ1) is 12.2. The molecule has 2 aromatic carbocycles. The van der Waals surface area contributed by atoms with Crippen LogP contribution in [0.1, 0.15) is 5.56 Å². The SMILES string of the molecule is COc1ccc(CCn2cnc3c([nH]c4ccc(Cl)cc43)c2=O)cc1. The maximum Gasteiger partial charge on any atom is 0.277 e. The van der Waals surface area contributed by atoms with E-state index in [9.17, 15) is 4.79 Å². The van der Waals surface area contributed by atoms with Gasteiger partial charge in [-0.3, -0.25) is 9.36 Å². The molecular formula is C19H16ClN3O2. The van der Waals surface area contributed by atoms with Crippen LogP contribution in [0.15, 0.2) is 53.6 Å². The molecule has 1 N–H and O–H groups in total. The first-order valence-corrected chi connectivity index (χ1v) is 8.33. The fourth-order valence-corrected chi connectivity index (χ4v) is 3.14. The monoisotopic (exact) mass is 353 g/mol. The van der Waals surface area contributed by atoms with Crippen molar-refractivity contribution in [3.63, 3.8) is 0 Å². The van der Waals surface area contributed by atoms with Crippen molar-refractivity contribution in [3.05, 3.63) is 69.7 Å². The fraction of sp³-hybridized carbons (Fsp3) is 0.158. The summed E-state index contributed by atoms with van der Waals surface area (Å²) >= 11 is 6.05. The minimum Gasteiger partial charge on any atom is -0.497 e. The minimum atomic E-state index is -0.0779. The van der Waals surface area contributed by atoms with E-state index in [-0.39, 0.29) is 5.56 Å². The summed E-state index contributed by atoms with van der Waals surface area (Å²) in [6.45, 7) is 0.560. The highest BCUT2D eigenvalue weighted by atomic mass is 35.5. The Hall–Kier alpha value is -2.79. The smallest absolute Gasteiger partial charge is 0.277 e. The molecule has 0 fully saturated rings. The van der Waals surface area contributed by atoms with Crippen LogP contribution in [0.25, 0.3) is 21.9 Å². The molecule has 0 aliphatic carbocycles. The summed E-state index contributed by atoms with van der Waals surface area (Å²) in [6, 6.07) is 13.3. The Kier molecular flexibility index (Phi) is 3.93. The first-order valence-electron chi connectivity index (χ1n) is 7.95. The summed E-state index contributed by atoms with van der Waals surface area (Å²) in [6.07, 6.45) is 2.34. The van der Waals surface area contributed by atoms with Crippen LogP contribution < -0.4 is 10.3 Å². The zero-order valence-electron chi connectivity index (χ0n) is 13.6. The van der Waals surface area contributed by atoms with Gasteiger partial charge in [0, 0.05) is 22.5 Å². The predicted molar refractivity (Wildman–Crippen MR) is 99.6 cm³/mol. The van der Waals surface area contributed by atoms with Crippen molar-refractivity contribution < 1.29 is 4.74 Å². The number of ether oxygens (including phenoxy) is 1. The molecule has 6 heteroatoms. The molecule has 0 bridgehead atoms. The Balaban J connectivity index is 1.67. The Morgan fingerprint density at radius 3 is 2.76 bits per heavy atom. The number of nitrogens with zero attached hydrogens (tertiary/aromatic N) is 2. The lowest BCUT2D eigenvalue weighted by Crippen LogP contribution is -2.21. The number of rotatable bonds is 4. The van der Waals surface area contributed by atoms with Crippen LogP contribution in [0, 0.1) is 0 Å². The molecule has 0 saturated carbocycles. The van der Waals surface area contributed by atoms with Crippen LogP contribution in [0.5, 0.6) is 5.75 Å². The molecular weight excluding hydrogens is 338 g/mol. The number of methoxy groups -OCH3 is 1. The zero-order chi connectivity index (χ0) is 17.4. The van der Waals surface area contributed by atoms with Crippen molar-refractivity contribution in [3.8, 4) is 5.75 Å². The Morgan fingerprint density at radius 2 is 2.00 bits per heavy atom. The molecule has 4 rings (SSSR count). The number of aromatic amines is 1. The largest absolute Gasteiger partial charge is 0.497 e. The molecule has 0 unspecified atom stereocenters. The third-order valence-electron chi connectivity index (χ3n) is 4.33. The lowest BCUT2D eigenvalue weighted by Gasteiger charge is -2.06. The summed E-state index contributed by atoms with van der Waals surface area (Å²) in [5, 5.41) is 1.49. The second-order valence-corrected chi connectivity index (χ2v) is 6.32. The van der Waals surface area contributed by atoms with E-state index in [0.29, 0.717) is 22.6 Å². The fourth-order valence-electron chi connectivity index (χ4n) is 2.96. The highest BCUT2D eigenvalue weighted by molar-refractivity contribution is 6.31. The number of hydrogen-bond donors (Lipinski definition) is 1. The highest BCUT2D eigenvalue weighted by Gasteiger charge is 2.11. The van der Waals surface area contributed by atoms with E-state index in [1.54, 1.807) is 24.1 Å². The Bertz CT molecular complexity index is 1110. The lowest BCUT2D eigenvalue weighted by molar-refractivity contribution is 0.414. The van der Waals surface area contributed by atoms with Crippen LogP contribution in [0.2, 0.25) is 5.02 Å². The van der Waals surface area contributed by atoms with Crippen molar-refractivity contribution in [2.45, 2.75) is 13.0 Å². The molecule has 0 atom stereocenters. The van der Waals surface area contributed by atoms with Gasteiger partial charge in [-0.25, -0.2) is 4.98 Å². The van der Waals surface area contributed by atoms with Gasteiger partial charge in [0.25, 0.3) is 5.56 Å². The summed E-state index contributed by atoms with van der Waals surface area (Å²) in [5.74, 6) is 0.820.